The summed E-state index contributed by atoms with van der Waals surface area (Å²) in [7, 11) is 1.84. The summed E-state index contributed by atoms with van der Waals surface area (Å²) >= 11 is 1.39. The van der Waals surface area contributed by atoms with Gasteiger partial charge in [0, 0.05) is 20.2 Å². The number of ether oxygens (including phenoxy) is 1. The predicted octanol–water partition coefficient (Wildman–Crippen LogP) is 1.90. The first-order valence-electron chi connectivity index (χ1n) is 7.15. The topological polar surface area (TPSA) is 49.8 Å². The second-order valence-electron chi connectivity index (χ2n) is 5.35. The van der Waals surface area contributed by atoms with E-state index >= 15 is 0 Å². The summed E-state index contributed by atoms with van der Waals surface area (Å²) in [5, 5.41) is 8.75. The molecule has 1 unspecified atom stereocenters. The van der Waals surface area contributed by atoms with Crippen molar-refractivity contribution in [1.29, 1.82) is 0 Å². The fourth-order valence-electron chi connectivity index (χ4n) is 2.44. The molecule has 114 valence electrons. The van der Waals surface area contributed by atoms with Crippen LogP contribution in [0.25, 0.3) is 0 Å². The zero-order chi connectivity index (χ0) is 15.2. The molecule has 0 aliphatic carbocycles. The first-order valence-corrected chi connectivity index (χ1v) is 7.97. The van der Waals surface area contributed by atoms with Crippen molar-refractivity contribution in [1.82, 2.24) is 4.90 Å². The molecule has 0 bridgehead atoms. The average molecular weight is 307 g/mol. The average Bonchev–Trinajstić information content (AvgIpc) is 2.86. The van der Waals surface area contributed by atoms with Crippen LogP contribution < -0.4 is 0 Å². The summed E-state index contributed by atoms with van der Waals surface area (Å²) in [5.74, 6) is 5.98. The SMILES string of the molecule is Cc1cc(C(=O)N(C)CC2CCCOC2)sc1C#CCO. The molecule has 1 fully saturated rings. The van der Waals surface area contributed by atoms with Crippen molar-refractivity contribution in [2.45, 2.75) is 19.8 Å². The molecule has 1 aliphatic rings. The molecule has 0 spiro atoms. The fraction of sp³-hybridized carbons (Fsp3) is 0.562. The molecule has 1 N–H and O–H groups in total. The molecule has 0 radical (unpaired) electrons. The molecule has 2 rings (SSSR count). The minimum atomic E-state index is -0.164. The van der Waals surface area contributed by atoms with Gasteiger partial charge in [-0.25, -0.2) is 0 Å². The van der Waals surface area contributed by atoms with Gasteiger partial charge in [-0.3, -0.25) is 4.79 Å². The second-order valence-corrected chi connectivity index (χ2v) is 6.40. The number of hydrogen-bond donors (Lipinski definition) is 1. The Hall–Kier alpha value is -1.35. The first kappa shape index (κ1) is 16.0. The maximum absolute atomic E-state index is 12.5. The van der Waals surface area contributed by atoms with Crippen LogP contribution in [0.4, 0.5) is 0 Å². The van der Waals surface area contributed by atoms with E-state index in [-0.39, 0.29) is 12.5 Å². The van der Waals surface area contributed by atoms with Gasteiger partial charge in [-0.15, -0.1) is 11.3 Å². The Kier molecular flexibility index (Phi) is 5.80. The van der Waals surface area contributed by atoms with E-state index in [4.69, 9.17) is 9.84 Å². The highest BCUT2D eigenvalue weighted by atomic mass is 32.1. The number of aliphatic hydroxyl groups is 1. The van der Waals surface area contributed by atoms with Crippen LogP contribution >= 0.6 is 11.3 Å². The molecule has 1 atom stereocenters. The number of rotatable bonds is 3. The molecule has 1 amide bonds. The molecule has 1 aromatic rings. The molecule has 21 heavy (non-hydrogen) atoms. The maximum atomic E-state index is 12.5. The number of amides is 1. The largest absolute Gasteiger partial charge is 0.384 e. The van der Waals surface area contributed by atoms with Crippen molar-refractivity contribution in [2.24, 2.45) is 5.92 Å². The summed E-state index contributed by atoms with van der Waals surface area (Å²) in [6.45, 7) is 4.08. The molecule has 0 aromatic carbocycles. The Morgan fingerprint density at radius 3 is 3.10 bits per heavy atom. The summed E-state index contributed by atoms with van der Waals surface area (Å²) < 4.78 is 5.46. The third-order valence-electron chi connectivity index (χ3n) is 3.54. The van der Waals surface area contributed by atoms with Crippen LogP contribution in [0.5, 0.6) is 0 Å². The third kappa shape index (κ3) is 4.31. The number of nitrogens with zero attached hydrogens (tertiary/aromatic N) is 1. The van der Waals surface area contributed by atoms with Gasteiger partial charge < -0.3 is 14.7 Å². The van der Waals surface area contributed by atoms with Crippen molar-refractivity contribution in [3.63, 3.8) is 0 Å². The van der Waals surface area contributed by atoms with Gasteiger partial charge in [-0.1, -0.05) is 11.8 Å². The zero-order valence-corrected chi connectivity index (χ0v) is 13.3. The van der Waals surface area contributed by atoms with Gasteiger partial charge in [0.1, 0.15) is 6.61 Å². The molecular formula is C16H21NO3S. The standard InChI is InChI=1S/C16H21NO3S/c1-12-9-15(21-14(12)6-3-7-18)16(19)17(2)10-13-5-4-8-20-11-13/h9,13,18H,4-5,7-8,10-11H2,1-2H3. The van der Waals surface area contributed by atoms with Gasteiger partial charge in [0.2, 0.25) is 0 Å². The smallest absolute Gasteiger partial charge is 0.263 e. The molecule has 1 saturated heterocycles. The number of carbonyl (C=O) groups is 1. The normalized spacial score (nSPS) is 18.0. The monoisotopic (exact) mass is 307 g/mol. The molecule has 0 saturated carbocycles. The van der Waals surface area contributed by atoms with Crippen LogP contribution in [-0.4, -0.2) is 49.3 Å². The van der Waals surface area contributed by atoms with Crippen molar-refractivity contribution in [3.8, 4) is 11.8 Å². The summed E-state index contributed by atoms with van der Waals surface area (Å²) in [5.41, 5.74) is 0.985. The number of aliphatic hydroxyl groups excluding tert-OH is 1. The zero-order valence-electron chi connectivity index (χ0n) is 12.5. The predicted molar refractivity (Wildman–Crippen MR) is 83.5 cm³/mol. The Morgan fingerprint density at radius 2 is 2.43 bits per heavy atom. The van der Waals surface area contributed by atoms with Crippen molar-refractivity contribution >= 4 is 17.2 Å². The first-order chi connectivity index (χ1) is 10.1. The Morgan fingerprint density at radius 1 is 1.62 bits per heavy atom. The lowest BCUT2D eigenvalue weighted by Crippen LogP contribution is -2.34. The van der Waals surface area contributed by atoms with E-state index in [1.807, 2.05) is 20.0 Å². The van der Waals surface area contributed by atoms with E-state index < -0.39 is 0 Å². The van der Waals surface area contributed by atoms with E-state index in [0.29, 0.717) is 10.8 Å². The number of thiophene rings is 1. The van der Waals surface area contributed by atoms with Gasteiger partial charge in [0.15, 0.2) is 0 Å². The summed E-state index contributed by atoms with van der Waals surface area (Å²) in [6.07, 6.45) is 2.19. The summed E-state index contributed by atoms with van der Waals surface area (Å²) in [4.78, 5) is 15.8. The van der Waals surface area contributed by atoms with Gasteiger partial charge >= 0.3 is 0 Å². The summed E-state index contributed by atoms with van der Waals surface area (Å²) in [6, 6.07) is 1.88. The highest BCUT2D eigenvalue weighted by Crippen LogP contribution is 2.23. The molecular weight excluding hydrogens is 286 g/mol. The minimum Gasteiger partial charge on any atom is -0.384 e. The number of carbonyl (C=O) groups excluding carboxylic acids is 1. The lowest BCUT2D eigenvalue weighted by Gasteiger charge is -2.26. The fourth-order valence-corrected chi connectivity index (χ4v) is 3.48. The van der Waals surface area contributed by atoms with Gasteiger partial charge in [0.05, 0.1) is 16.4 Å². The lowest BCUT2D eigenvalue weighted by atomic mass is 10.0. The van der Waals surface area contributed by atoms with Crippen LogP contribution in [0.3, 0.4) is 0 Å². The van der Waals surface area contributed by atoms with E-state index in [0.717, 1.165) is 43.0 Å². The van der Waals surface area contributed by atoms with Gasteiger partial charge in [-0.05, 0) is 37.3 Å². The molecule has 4 nitrogen and oxygen atoms in total. The van der Waals surface area contributed by atoms with Crippen LogP contribution in [0.2, 0.25) is 0 Å². The molecule has 1 aliphatic heterocycles. The van der Waals surface area contributed by atoms with Crippen molar-refractivity contribution < 1.29 is 14.6 Å². The van der Waals surface area contributed by atoms with Crippen LogP contribution in [0.15, 0.2) is 6.07 Å². The third-order valence-corrected chi connectivity index (χ3v) is 4.68. The molecule has 2 heterocycles. The lowest BCUT2D eigenvalue weighted by molar-refractivity contribution is 0.0390. The van der Waals surface area contributed by atoms with E-state index in [2.05, 4.69) is 11.8 Å². The highest BCUT2D eigenvalue weighted by molar-refractivity contribution is 7.14. The van der Waals surface area contributed by atoms with Crippen molar-refractivity contribution in [3.05, 3.63) is 21.4 Å². The Balaban J connectivity index is 2.01. The van der Waals surface area contributed by atoms with Crippen LogP contribution in [-0.2, 0) is 4.74 Å². The molecule has 5 heteroatoms. The van der Waals surface area contributed by atoms with E-state index in [1.54, 1.807) is 4.90 Å². The maximum Gasteiger partial charge on any atom is 0.263 e. The quantitative estimate of drug-likeness (QED) is 0.868. The van der Waals surface area contributed by atoms with E-state index in [1.165, 1.54) is 11.3 Å². The minimum absolute atomic E-state index is 0.0331. The highest BCUT2D eigenvalue weighted by Gasteiger charge is 2.21. The molecule has 1 aromatic heterocycles. The van der Waals surface area contributed by atoms with Gasteiger partial charge in [-0.2, -0.15) is 0 Å². The van der Waals surface area contributed by atoms with Crippen molar-refractivity contribution in [2.75, 3.05) is 33.4 Å². The van der Waals surface area contributed by atoms with Crippen LogP contribution in [0, 0.1) is 24.7 Å². The number of hydrogen-bond acceptors (Lipinski definition) is 4. The Labute approximate surface area is 129 Å². The Bertz CT molecular complexity index is 550. The number of aryl methyl sites for hydroxylation is 1. The van der Waals surface area contributed by atoms with Crippen LogP contribution in [0.1, 0.15) is 33.0 Å². The van der Waals surface area contributed by atoms with E-state index in [9.17, 15) is 4.79 Å². The second kappa shape index (κ2) is 7.60. The van der Waals surface area contributed by atoms with Gasteiger partial charge in [0.25, 0.3) is 5.91 Å².